The smallest absolute Gasteiger partial charge is 0.325 e. The number of rotatable bonds is 6. The zero-order valence-electron chi connectivity index (χ0n) is 16.6. The molecule has 3 N–H and O–H groups in total. The van der Waals surface area contributed by atoms with Crippen LogP contribution < -0.4 is 4.72 Å². The van der Waals surface area contributed by atoms with Crippen molar-refractivity contribution in [3.8, 4) is 10.6 Å². The van der Waals surface area contributed by atoms with Crippen molar-refractivity contribution >= 4 is 38.2 Å². The van der Waals surface area contributed by atoms with E-state index in [9.17, 15) is 18.3 Å². The normalized spacial score (nSPS) is 23.1. The lowest BCUT2D eigenvalue weighted by molar-refractivity contribution is -0.140. The number of aliphatic carboxylic acids is 1. The van der Waals surface area contributed by atoms with Crippen LogP contribution in [0, 0.1) is 5.92 Å². The van der Waals surface area contributed by atoms with E-state index in [-0.39, 0.29) is 10.1 Å². The Labute approximate surface area is 183 Å². The van der Waals surface area contributed by atoms with Gasteiger partial charge in [0.25, 0.3) is 10.0 Å². The largest absolute Gasteiger partial charge is 0.480 e. The first-order valence-corrected chi connectivity index (χ1v) is 12.1. The van der Waals surface area contributed by atoms with E-state index in [0.29, 0.717) is 0 Å². The fourth-order valence-corrected chi connectivity index (χ4v) is 7.12. The van der Waals surface area contributed by atoms with Gasteiger partial charge < -0.3 is 10.1 Å². The molecule has 0 aliphatic heterocycles. The molecule has 2 aromatic carbocycles. The molecule has 0 spiro atoms. The molecule has 8 heteroatoms. The molecule has 1 aliphatic carbocycles. The minimum absolute atomic E-state index is 0.0905. The van der Waals surface area contributed by atoms with Crippen LogP contribution >= 0.6 is 11.3 Å². The van der Waals surface area contributed by atoms with Crippen LogP contribution in [-0.2, 0) is 14.8 Å². The number of carboxylic acid groups (broad SMARTS) is 1. The maximum Gasteiger partial charge on any atom is 0.325 e. The van der Waals surface area contributed by atoms with Crippen LogP contribution in [0.25, 0.3) is 21.5 Å². The molecule has 1 fully saturated rings. The number of nitrogens with one attached hydrogen (secondary N) is 2. The summed E-state index contributed by atoms with van der Waals surface area (Å²) in [4.78, 5) is 16.2. The van der Waals surface area contributed by atoms with E-state index in [0.717, 1.165) is 38.4 Å². The molecule has 4 aromatic rings. The maximum absolute atomic E-state index is 13.2. The van der Waals surface area contributed by atoms with Gasteiger partial charge in [-0.25, -0.2) is 8.42 Å². The van der Waals surface area contributed by atoms with Crippen molar-refractivity contribution in [3.63, 3.8) is 0 Å². The second-order valence-corrected chi connectivity index (χ2v) is 10.8. The Bertz CT molecular complexity index is 1360. The van der Waals surface area contributed by atoms with Crippen LogP contribution in [0.2, 0.25) is 0 Å². The first kappa shape index (κ1) is 20.0. The molecule has 31 heavy (non-hydrogen) atoms. The molecule has 1 saturated carbocycles. The Hall–Kier alpha value is -2.94. The van der Waals surface area contributed by atoms with Crippen molar-refractivity contribution in [3.05, 3.63) is 78.4 Å². The third-order valence-corrected chi connectivity index (χ3v) is 9.15. The average Bonchev–Trinajstić information content (AvgIpc) is 3.16. The minimum Gasteiger partial charge on any atom is -0.480 e. The quantitative estimate of drug-likeness (QED) is 0.403. The fraction of sp³-hybridized carbons (Fsp3) is 0.174. The van der Waals surface area contributed by atoms with Gasteiger partial charge in [-0.05, 0) is 35.7 Å². The van der Waals surface area contributed by atoms with Crippen molar-refractivity contribution < 1.29 is 18.3 Å². The Morgan fingerprint density at radius 3 is 2.48 bits per heavy atom. The highest BCUT2D eigenvalue weighted by atomic mass is 32.2. The standard InChI is InChI=1S/C23H20N2O4S2/c1-14-21(15-7-3-2-4-8-15)23(14,22(26)27)25-31(28,29)20-12-11-19(30-20)18-13-16-9-5-6-10-17(16)24-18/h2-14,21,24-25H,1H3,(H,26,27)/t14?,21-,23+/m1/s1. The Morgan fingerprint density at radius 2 is 1.77 bits per heavy atom. The average molecular weight is 453 g/mol. The van der Waals surface area contributed by atoms with E-state index in [1.54, 1.807) is 13.0 Å². The van der Waals surface area contributed by atoms with Crippen LogP contribution in [0.5, 0.6) is 0 Å². The molecular weight excluding hydrogens is 432 g/mol. The van der Waals surface area contributed by atoms with Crippen molar-refractivity contribution in [1.82, 2.24) is 9.71 Å². The van der Waals surface area contributed by atoms with Crippen LogP contribution in [0.1, 0.15) is 18.4 Å². The summed E-state index contributed by atoms with van der Waals surface area (Å²) < 4.78 is 28.9. The van der Waals surface area contributed by atoms with Crippen molar-refractivity contribution in [2.24, 2.45) is 5.92 Å². The first-order valence-electron chi connectivity index (χ1n) is 9.83. The number of thiophene rings is 1. The SMILES string of the molecule is CC1[C@H](c2ccccc2)[C@]1(NS(=O)(=O)c1ccc(-c2cc3ccccc3[nH]2)s1)C(=O)O. The van der Waals surface area contributed by atoms with Gasteiger partial charge in [0.05, 0.1) is 10.6 Å². The predicted molar refractivity (Wildman–Crippen MR) is 121 cm³/mol. The highest BCUT2D eigenvalue weighted by molar-refractivity contribution is 7.91. The minimum atomic E-state index is -4.02. The number of fused-ring (bicyclic) bond motifs is 1. The molecule has 6 nitrogen and oxygen atoms in total. The van der Waals surface area contributed by atoms with E-state index in [1.807, 2.05) is 60.7 Å². The number of H-pyrrole nitrogens is 1. The zero-order chi connectivity index (χ0) is 21.8. The highest BCUT2D eigenvalue weighted by Gasteiger charge is 2.70. The Kier molecular flexibility index (Phi) is 4.55. The molecular formula is C23H20N2O4S2. The number of para-hydroxylation sites is 1. The molecule has 0 radical (unpaired) electrons. The molecule has 0 amide bonds. The zero-order valence-corrected chi connectivity index (χ0v) is 18.2. The van der Waals surface area contributed by atoms with E-state index >= 15 is 0 Å². The predicted octanol–water partition coefficient (Wildman–Crippen LogP) is 4.43. The molecule has 2 aromatic heterocycles. The Balaban J connectivity index is 1.46. The summed E-state index contributed by atoms with van der Waals surface area (Å²) in [5.41, 5.74) is 1.05. The number of hydrogen-bond donors (Lipinski definition) is 3. The van der Waals surface area contributed by atoms with E-state index in [1.165, 1.54) is 6.07 Å². The number of aromatic amines is 1. The summed E-state index contributed by atoms with van der Waals surface area (Å²) in [5.74, 6) is -1.95. The summed E-state index contributed by atoms with van der Waals surface area (Å²) in [7, 11) is -4.02. The molecule has 0 bridgehead atoms. The Morgan fingerprint density at radius 1 is 1.06 bits per heavy atom. The monoisotopic (exact) mass is 452 g/mol. The highest BCUT2D eigenvalue weighted by Crippen LogP contribution is 2.58. The van der Waals surface area contributed by atoms with Crippen LogP contribution in [-0.4, -0.2) is 30.0 Å². The second-order valence-electron chi connectivity index (χ2n) is 7.85. The molecule has 3 atom stereocenters. The lowest BCUT2D eigenvalue weighted by atomic mass is 10.1. The molecule has 1 unspecified atom stereocenters. The topological polar surface area (TPSA) is 99.3 Å². The van der Waals surface area contributed by atoms with Gasteiger partial charge in [0, 0.05) is 16.8 Å². The third-order valence-electron chi connectivity index (χ3n) is 6.06. The molecule has 5 rings (SSSR count). The maximum atomic E-state index is 13.2. The van der Waals surface area contributed by atoms with Gasteiger partial charge in [-0.2, -0.15) is 4.72 Å². The van der Waals surface area contributed by atoms with Gasteiger partial charge in [-0.3, -0.25) is 4.79 Å². The summed E-state index contributed by atoms with van der Waals surface area (Å²) in [6, 6.07) is 22.2. The molecule has 1 aliphatic rings. The fourth-order valence-electron chi connectivity index (χ4n) is 4.39. The number of hydrogen-bond acceptors (Lipinski definition) is 4. The van der Waals surface area contributed by atoms with E-state index < -0.39 is 27.4 Å². The number of benzene rings is 2. The van der Waals surface area contributed by atoms with Crippen LogP contribution in [0.3, 0.4) is 0 Å². The number of carbonyl (C=O) groups is 1. The van der Waals surface area contributed by atoms with Gasteiger partial charge >= 0.3 is 5.97 Å². The second kappa shape index (κ2) is 7.05. The van der Waals surface area contributed by atoms with Gasteiger partial charge in [-0.15, -0.1) is 11.3 Å². The third kappa shape index (κ3) is 3.18. The van der Waals surface area contributed by atoms with Gasteiger partial charge in [0.15, 0.2) is 0 Å². The van der Waals surface area contributed by atoms with Crippen molar-refractivity contribution in [2.45, 2.75) is 22.6 Å². The van der Waals surface area contributed by atoms with Crippen LogP contribution in [0.4, 0.5) is 0 Å². The number of sulfonamides is 1. The van der Waals surface area contributed by atoms with Gasteiger partial charge in [0.1, 0.15) is 9.75 Å². The number of carboxylic acids is 1. The number of aromatic nitrogens is 1. The summed E-state index contributed by atoms with van der Waals surface area (Å²) in [6.07, 6.45) is 0. The molecule has 158 valence electrons. The lowest BCUT2D eigenvalue weighted by Gasteiger charge is -2.15. The molecule has 2 heterocycles. The summed E-state index contributed by atoms with van der Waals surface area (Å²) in [5, 5.41) is 11.0. The van der Waals surface area contributed by atoms with Crippen molar-refractivity contribution in [2.75, 3.05) is 0 Å². The van der Waals surface area contributed by atoms with E-state index in [2.05, 4.69) is 9.71 Å². The van der Waals surface area contributed by atoms with Crippen LogP contribution in [0.15, 0.2) is 77.0 Å². The van der Waals surface area contributed by atoms with E-state index in [4.69, 9.17) is 0 Å². The first-order chi connectivity index (χ1) is 14.8. The van der Waals surface area contributed by atoms with Crippen molar-refractivity contribution in [1.29, 1.82) is 0 Å². The summed E-state index contributed by atoms with van der Waals surface area (Å²) >= 11 is 1.11. The molecule has 0 saturated heterocycles. The lowest BCUT2D eigenvalue weighted by Crippen LogP contribution is -2.45. The summed E-state index contributed by atoms with van der Waals surface area (Å²) in [6.45, 7) is 1.76. The van der Waals surface area contributed by atoms with Gasteiger partial charge in [-0.1, -0.05) is 55.5 Å². The van der Waals surface area contributed by atoms with Gasteiger partial charge in [0.2, 0.25) is 0 Å².